The summed E-state index contributed by atoms with van der Waals surface area (Å²) in [7, 11) is -2.66. The van der Waals surface area contributed by atoms with Gasteiger partial charge in [-0.2, -0.15) is 0 Å². The maximum Gasteiger partial charge on any atom is 0.261 e. The van der Waals surface area contributed by atoms with Crippen molar-refractivity contribution >= 4 is 45.5 Å². The molecule has 34 heavy (non-hydrogen) atoms. The number of nitrogens with one attached hydrogen (secondary N) is 1. The molecule has 0 bridgehead atoms. The molecule has 0 spiro atoms. The molecule has 0 saturated carbocycles. The van der Waals surface area contributed by atoms with Crippen molar-refractivity contribution in [2.75, 3.05) is 0 Å². The number of nitrogens with zero attached hydrogens (tertiary/aromatic N) is 1. The minimum atomic E-state index is -2.66. The Balaban J connectivity index is 1.52. The normalized spacial score (nSPS) is 12.4. The topological polar surface area (TPSA) is 51.0 Å². The molecule has 0 amide bonds. The lowest BCUT2D eigenvalue weighted by Gasteiger charge is -2.42. The van der Waals surface area contributed by atoms with Crippen molar-refractivity contribution < 1.29 is 8.84 Å². The number of benzene rings is 3. The van der Waals surface area contributed by atoms with E-state index in [4.69, 9.17) is 8.84 Å². The zero-order valence-corrected chi connectivity index (χ0v) is 22.1. The predicted octanol–water partition coefficient (Wildman–Crippen LogP) is 6.66. The van der Waals surface area contributed by atoms with Gasteiger partial charge in [0.2, 0.25) is 5.89 Å². The molecule has 0 fully saturated rings. The number of hydrogen-bond donors (Lipinski definition) is 1. The van der Waals surface area contributed by atoms with Crippen molar-refractivity contribution in [1.29, 1.82) is 0 Å². The van der Waals surface area contributed by atoms with E-state index < -0.39 is 8.32 Å². The minimum absolute atomic E-state index is 0.104. The molecule has 3 aromatic carbocycles. The minimum Gasteiger partial charge on any atom is -0.438 e. The number of aromatic amines is 1. The maximum absolute atomic E-state index is 6.96. The van der Waals surface area contributed by atoms with Crippen LogP contribution < -0.4 is 10.4 Å². The Kier molecular flexibility index (Phi) is 6.06. The van der Waals surface area contributed by atoms with E-state index in [9.17, 15) is 0 Å². The lowest BCUT2D eigenvalue weighted by atomic mass is 10.1. The molecule has 0 aliphatic rings. The molecule has 172 valence electrons. The Hall–Kier alpha value is -2.93. The summed E-state index contributed by atoms with van der Waals surface area (Å²) >= 11 is 3.66. The fourth-order valence-electron chi connectivity index (χ4n) is 4.77. The average Bonchev–Trinajstić information content (AvgIpc) is 3.48. The van der Waals surface area contributed by atoms with Gasteiger partial charge in [0, 0.05) is 27.1 Å². The lowest BCUT2D eigenvalue weighted by molar-refractivity contribution is 0.249. The van der Waals surface area contributed by atoms with Crippen LogP contribution in [0.4, 0.5) is 0 Å². The van der Waals surface area contributed by atoms with Gasteiger partial charge < -0.3 is 13.8 Å². The van der Waals surface area contributed by atoms with Crippen molar-refractivity contribution in [1.82, 2.24) is 9.97 Å². The highest BCUT2D eigenvalue weighted by Gasteiger charge is 2.50. The van der Waals surface area contributed by atoms with Crippen LogP contribution in [-0.2, 0) is 11.0 Å². The van der Waals surface area contributed by atoms with E-state index in [0.29, 0.717) is 12.5 Å². The third-order valence-corrected chi connectivity index (χ3v) is 11.9. The molecule has 0 radical (unpaired) electrons. The molecule has 4 nitrogen and oxygen atoms in total. The van der Waals surface area contributed by atoms with Gasteiger partial charge in [0.05, 0.1) is 6.20 Å². The van der Waals surface area contributed by atoms with Crippen LogP contribution in [0, 0.1) is 0 Å². The molecule has 0 aliphatic carbocycles. The first kappa shape index (κ1) is 22.8. The third-order valence-electron chi connectivity index (χ3n) is 6.30. The van der Waals surface area contributed by atoms with Gasteiger partial charge in [-0.05, 0) is 27.5 Å². The number of halogens is 1. The SMILES string of the molecule is CC(C)(C)[Si](OCc1ncc(-c2c[nH]c3cccc(Br)c23)o1)(c1ccccc1)c1ccccc1. The highest BCUT2D eigenvalue weighted by molar-refractivity contribution is 9.10. The summed E-state index contributed by atoms with van der Waals surface area (Å²) in [6, 6.07) is 27.3. The van der Waals surface area contributed by atoms with E-state index in [1.54, 1.807) is 6.20 Å². The highest BCUT2D eigenvalue weighted by Crippen LogP contribution is 2.38. The van der Waals surface area contributed by atoms with Gasteiger partial charge in [-0.3, -0.25) is 0 Å². The molecule has 6 heteroatoms. The smallest absolute Gasteiger partial charge is 0.261 e. The predicted molar refractivity (Wildman–Crippen MR) is 144 cm³/mol. The Morgan fingerprint density at radius 2 is 1.56 bits per heavy atom. The van der Waals surface area contributed by atoms with Gasteiger partial charge in [-0.1, -0.05) is 103 Å². The average molecular weight is 532 g/mol. The van der Waals surface area contributed by atoms with Crippen molar-refractivity contribution in [2.24, 2.45) is 0 Å². The molecule has 2 aromatic heterocycles. The van der Waals surface area contributed by atoms with Crippen molar-refractivity contribution in [3.05, 3.63) is 102 Å². The Morgan fingerprint density at radius 1 is 0.912 bits per heavy atom. The summed E-state index contributed by atoms with van der Waals surface area (Å²) in [6.07, 6.45) is 3.74. The quantitative estimate of drug-likeness (QED) is 0.249. The number of hydrogen-bond acceptors (Lipinski definition) is 3. The van der Waals surface area contributed by atoms with Crippen LogP contribution >= 0.6 is 15.9 Å². The molecule has 0 atom stereocenters. The number of oxazole rings is 1. The van der Waals surface area contributed by atoms with Crippen molar-refractivity contribution in [2.45, 2.75) is 32.4 Å². The van der Waals surface area contributed by atoms with E-state index in [-0.39, 0.29) is 5.04 Å². The molecule has 0 aliphatic heterocycles. The zero-order chi connectivity index (χ0) is 23.8. The van der Waals surface area contributed by atoms with Gasteiger partial charge in [0.15, 0.2) is 5.76 Å². The van der Waals surface area contributed by atoms with Gasteiger partial charge in [0.1, 0.15) is 6.61 Å². The van der Waals surface area contributed by atoms with E-state index in [1.807, 2.05) is 24.4 Å². The first-order valence-electron chi connectivity index (χ1n) is 11.4. The molecule has 1 N–H and O–H groups in total. The number of aromatic nitrogens is 2. The Morgan fingerprint density at radius 3 is 2.18 bits per heavy atom. The summed E-state index contributed by atoms with van der Waals surface area (Å²) in [5.41, 5.74) is 2.03. The van der Waals surface area contributed by atoms with E-state index in [2.05, 4.69) is 107 Å². The molecule has 2 heterocycles. The first-order chi connectivity index (χ1) is 16.4. The second-order valence-corrected chi connectivity index (χ2v) is 14.6. The third kappa shape index (κ3) is 3.96. The van der Waals surface area contributed by atoms with Gasteiger partial charge in [-0.15, -0.1) is 0 Å². The van der Waals surface area contributed by atoms with E-state index in [1.165, 1.54) is 10.4 Å². The van der Waals surface area contributed by atoms with Gasteiger partial charge >= 0.3 is 0 Å². The fraction of sp³-hybridized carbons (Fsp3) is 0.179. The van der Waals surface area contributed by atoms with Crippen LogP contribution in [0.1, 0.15) is 26.7 Å². The van der Waals surface area contributed by atoms with Gasteiger partial charge in [-0.25, -0.2) is 4.98 Å². The number of rotatable bonds is 6. The van der Waals surface area contributed by atoms with Crippen LogP contribution in [0.3, 0.4) is 0 Å². The van der Waals surface area contributed by atoms with Crippen LogP contribution in [0.25, 0.3) is 22.2 Å². The maximum atomic E-state index is 6.96. The molecule has 5 rings (SSSR count). The molecular weight excluding hydrogens is 504 g/mol. The fourth-order valence-corrected chi connectivity index (χ4v) is 9.84. The number of fused-ring (bicyclic) bond motifs is 1. The first-order valence-corrected chi connectivity index (χ1v) is 14.1. The zero-order valence-electron chi connectivity index (χ0n) is 19.5. The molecule has 0 unspecified atom stereocenters. The number of H-pyrrole nitrogens is 1. The molecule has 5 aromatic rings. The summed E-state index contributed by atoms with van der Waals surface area (Å²) < 4.78 is 14.2. The monoisotopic (exact) mass is 530 g/mol. The van der Waals surface area contributed by atoms with Crippen LogP contribution in [0.2, 0.25) is 5.04 Å². The summed E-state index contributed by atoms with van der Waals surface area (Å²) in [5.74, 6) is 1.29. The van der Waals surface area contributed by atoms with Crippen molar-refractivity contribution in [3.8, 4) is 11.3 Å². The summed E-state index contributed by atoms with van der Waals surface area (Å²) in [5, 5.41) is 3.45. The van der Waals surface area contributed by atoms with Crippen LogP contribution in [0.15, 0.2) is 100 Å². The molecule has 0 saturated heterocycles. The second-order valence-electron chi connectivity index (χ2n) is 9.43. The largest absolute Gasteiger partial charge is 0.438 e. The van der Waals surface area contributed by atoms with Crippen molar-refractivity contribution in [3.63, 3.8) is 0 Å². The standard InChI is InChI=1S/C28H27BrN2O2Si/c1-28(2,3)34(20-11-6-4-7-12-20,21-13-8-5-9-14-21)32-19-26-31-18-25(33-26)22-17-30-24-16-10-15-23(29)27(22)24/h4-18,30H,19H2,1-3H3. The second kappa shape index (κ2) is 9.02. The lowest BCUT2D eigenvalue weighted by Crippen LogP contribution is -2.66. The van der Waals surface area contributed by atoms with E-state index in [0.717, 1.165) is 26.7 Å². The van der Waals surface area contributed by atoms with E-state index >= 15 is 0 Å². The summed E-state index contributed by atoms with van der Waals surface area (Å²) in [4.78, 5) is 7.90. The Labute approximate surface area is 209 Å². The van der Waals surface area contributed by atoms with Crippen LogP contribution in [-0.4, -0.2) is 18.3 Å². The van der Waals surface area contributed by atoms with Gasteiger partial charge in [0.25, 0.3) is 8.32 Å². The highest BCUT2D eigenvalue weighted by atomic mass is 79.9. The molecular formula is C28H27BrN2O2Si. The van der Waals surface area contributed by atoms with Crippen LogP contribution in [0.5, 0.6) is 0 Å². The summed E-state index contributed by atoms with van der Waals surface area (Å²) in [6.45, 7) is 7.11. The Bertz CT molecular complexity index is 1370.